The van der Waals surface area contributed by atoms with Crippen LogP contribution in [0.5, 0.6) is 0 Å². The average molecular weight is 259 g/mol. The molecule has 0 aromatic carbocycles. The van der Waals surface area contributed by atoms with Gasteiger partial charge in [-0.1, -0.05) is 0 Å². The van der Waals surface area contributed by atoms with E-state index >= 15 is 0 Å². The van der Waals surface area contributed by atoms with E-state index in [1.54, 1.807) is 17.7 Å². The summed E-state index contributed by atoms with van der Waals surface area (Å²) in [6.45, 7) is 2.14. The molecule has 3 rings (SSSR count). The van der Waals surface area contributed by atoms with E-state index in [1.165, 1.54) is 11.9 Å². The van der Waals surface area contributed by atoms with Gasteiger partial charge in [0.2, 0.25) is 0 Å². The molecule has 18 heavy (non-hydrogen) atoms. The van der Waals surface area contributed by atoms with Crippen molar-refractivity contribution < 1.29 is 0 Å². The molecule has 3 aromatic rings. The second kappa shape index (κ2) is 4.73. The van der Waals surface area contributed by atoms with Crippen molar-refractivity contribution in [2.24, 2.45) is 0 Å². The molecule has 0 spiro atoms. The molecule has 0 saturated heterocycles. The van der Waals surface area contributed by atoms with Gasteiger partial charge in [-0.15, -0.1) is 0 Å². The molecule has 1 unspecified atom stereocenters. The van der Waals surface area contributed by atoms with E-state index in [1.807, 2.05) is 0 Å². The highest BCUT2D eigenvalue weighted by atomic mass is 32.1. The quantitative estimate of drug-likeness (QED) is 0.755. The molecule has 5 nitrogen and oxygen atoms in total. The summed E-state index contributed by atoms with van der Waals surface area (Å²) in [5.41, 5.74) is 2.89. The van der Waals surface area contributed by atoms with Crippen LogP contribution in [0.25, 0.3) is 11.2 Å². The lowest BCUT2D eigenvalue weighted by molar-refractivity contribution is 0.787. The third-order valence-corrected chi connectivity index (χ3v) is 3.46. The maximum Gasteiger partial charge on any atom is 0.182 e. The summed E-state index contributed by atoms with van der Waals surface area (Å²) in [5.74, 6) is 0.806. The van der Waals surface area contributed by atoms with Gasteiger partial charge in [0.15, 0.2) is 11.5 Å². The number of nitrogens with zero attached hydrogens (tertiary/aromatic N) is 3. The number of rotatable bonds is 4. The monoisotopic (exact) mass is 259 g/mol. The van der Waals surface area contributed by atoms with E-state index in [4.69, 9.17) is 0 Å². The molecule has 0 radical (unpaired) electrons. The smallest absolute Gasteiger partial charge is 0.182 e. The number of nitrogens with one attached hydrogen (secondary N) is 2. The topological polar surface area (TPSA) is 66.5 Å². The predicted molar refractivity (Wildman–Crippen MR) is 72.8 cm³/mol. The van der Waals surface area contributed by atoms with Crippen molar-refractivity contribution >= 4 is 28.3 Å². The molecular weight excluding hydrogens is 246 g/mol. The molecule has 0 aliphatic heterocycles. The van der Waals surface area contributed by atoms with E-state index in [2.05, 4.69) is 49.0 Å². The fourth-order valence-corrected chi connectivity index (χ4v) is 2.60. The first-order chi connectivity index (χ1) is 8.83. The highest BCUT2D eigenvalue weighted by Crippen LogP contribution is 2.17. The van der Waals surface area contributed by atoms with Crippen molar-refractivity contribution in [1.29, 1.82) is 0 Å². The van der Waals surface area contributed by atoms with Crippen LogP contribution in [0.15, 0.2) is 29.5 Å². The molecule has 0 aliphatic rings. The van der Waals surface area contributed by atoms with Crippen molar-refractivity contribution in [1.82, 2.24) is 19.9 Å². The van der Waals surface area contributed by atoms with Crippen molar-refractivity contribution in [3.8, 4) is 0 Å². The van der Waals surface area contributed by atoms with Crippen molar-refractivity contribution in [3.63, 3.8) is 0 Å². The Morgan fingerprint density at radius 3 is 3.17 bits per heavy atom. The first-order valence-electron chi connectivity index (χ1n) is 5.74. The Morgan fingerprint density at radius 2 is 2.33 bits per heavy atom. The molecule has 0 aliphatic carbocycles. The van der Waals surface area contributed by atoms with Crippen molar-refractivity contribution in [2.75, 3.05) is 5.32 Å². The van der Waals surface area contributed by atoms with Crippen molar-refractivity contribution in [2.45, 2.75) is 19.4 Å². The SMILES string of the molecule is CC(Cc1ccsc1)Nc1ncnc2nc[nH]c12. The Labute approximate surface area is 108 Å². The maximum atomic E-state index is 4.26. The Kier molecular flexibility index (Phi) is 2.93. The highest BCUT2D eigenvalue weighted by Gasteiger charge is 2.09. The van der Waals surface area contributed by atoms with Crippen LogP contribution in [-0.4, -0.2) is 26.0 Å². The third kappa shape index (κ3) is 2.19. The van der Waals surface area contributed by atoms with Crippen LogP contribution in [-0.2, 0) is 6.42 Å². The van der Waals surface area contributed by atoms with Crippen LogP contribution in [0.3, 0.4) is 0 Å². The summed E-state index contributed by atoms with van der Waals surface area (Å²) in [4.78, 5) is 15.5. The number of hydrogen-bond donors (Lipinski definition) is 2. The van der Waals surface area contributed by atoms with E-state index in [0.29, 0.717) is 11.7 Å². The molecule has 2 N–H and O–H groups in total. The predicted octanol–water partition coefficient (Wildman–Crippen LogP) is 2.46. The number of aromatic nitrogens is 4. The van der Waals surface area contributed by atoms with Crippen LogP contribution in [0, 0.1) is 0 Å². The first-order valence-corrected chi connectivity index (χ1v) is 6.69. The Morgan fingerprint density at radius 1 is 1.39 bits per heavy atom. The molecule has 0 bridgehead atoms. The number of anilines is 1. The zero-order chi connectivity index (χ0) is 12.4. The van der Waals surface area contributed by atoms with Crippen LogP contribution < -0.4 is 5.32 Å². The first kappa shape index (κ1) is 11.2. The molecule has 0 fully saturated rings. The Hall–Kier alpha value is -1.95. The van der Waals surface area contributed by atoms with Crippen LogP contribution >= 0.6 is 11.3 Å². The number of fused-ring (bicyclic) bond motifs is 1. The van der Waals surface area contributed by atoms with Gasteiger partial charge in [0.05, 0.1) is 6.33 Å². The molecule has 6 heteroatoms. The molecule has 3 aromatic heterocycles. The van der Waals surface area contributed by atoms with Gasteiger partial charge in [-0.25, -0.2) is 15.0 Å². The minimum Gasteiger partial charge on any atom is -0.365 e. The normalized spacial score (nSPS) is 12.7. The maximum absolute atomic E-state index is 4.26. The second-order valence-electron chi connectivity index (χ2n) is 4.20. The fraction of sp³-hybridized carbons (Fsp3) is 0.250. The standard InChI is InChI=1S/C12H13N5S/c1-8(4-9-2-3-18-5-9)17-12-10-11(14-6-13-10)15-7-16-12/h2-3,5-8H,4H2,1H3,(H2,13,14,15,16,17). The van der Waals surface area contributed by atoms with Crippen molar-refractivity contribution in [3.05, 3.63) is 35.0 Å². The van der Waals surface area contributed by atoms with Crippen LogP contribution in [0.2, 0.25) is 0 Å². The highest BCUT2D eigenvalue weighted by molar-refractivity contribution is 7.07. The minimum atomic E-state index is 0.306. The van der Waals surface area contributed by atoms with Gasteiger partial charge in [0.25, 0.3) is 0 Å². The summed E-state index contributed by atoms with van der Waals surface area (Å²) in [5, 5.41) is 7.66. The van der Waals surface area contributed by atoms with Crippen LogP contribution in [0.1, 0.15) is 12.5 Å². The zero-order valence-corrected chi connectivity index (χ0v) is 10.7. The zero-order valence-electron chi connectivity index (χ0n) is 9.92. The molecular formula is C12H13N5S. The molecule has 1 atom stereocenters. The number of imidazole rings is 1. The molecule has 92 valence electrons. The minimum absolute atomic E-state index is 0.306. The Bertz CT molecular complexity index is 631. The van der Waals surface area contributed by atoms with E-state index < -0.39 is 0 Å². The summed E-state index contributed by atoms with van der Waals surface area (Å²) >= 11 is 1.72. The fourth-order valence-electron chi connectivity index (χ4n) is 1.92. The largest absolute Gasteiger partial charge is 0.365 e. The van der Waals surface area contributed by atoms with Gasteiger partial charge in [-0.05, 0) is 35.7 Å². The number of aromatic amines is 1. The lowest BCUT2D eigenvalue weighted by atomic mass is 10.1. The number of H-pyrrole nitrogens is 1. The Balaban J connectivity index is 1.77. The number of hydrogen-bond acceptors (Lipinski definition) is 5. The summed E-state index contributed by atoms with van der Waals surface area (Å²) in [6.07, 6.45) is 4.14. The second-order valence-corrected chi connectivity index (χ2v) is 4.98. The molecule has 3 heterocycles. The lowest BCUT2D eigenvalue weighted by Crippen LogP contribution is -2.18. The molecule has 0 amide bonds. The van der Waals surface area contributed by atoms with E-state index in [9.17, 15) is 0 Å². The van der Waals surface area contributed by atoms with Gasteiger partial charge in [-0.3, -0.25) is 0 Å². The van der Waals surface area contributed by atoms with E-state index in [-0.39, 0.29) is 0 Å². The van der Waals surface area contributed by atoms with Gasteiger partial charge >= 0.3 is 0 Å². The summed E-state index contributed by atoms with van der Waals surface area (Å²) < 4.78 is 0. The van der Waals surface area contributed by atoms with Gasteiger partial charge in [0.1, 0.15) is 11.8 Å². The van der Waals surface area contributed by atoms with Gasteiger partial charge in [-0.2, -0.15) is 11.3 Å². The van der Waals surface area contributed by atoms with Gasteiger partial charge in [0, 0.05) is 6.04 Å². The van der Waals surface area contributed by atoms with E-state index in [0.717, 1.165) is 17.8 Å². The average Bonchev–Trinajstić information content (AvgIpc) is 2.99. The van der Waals surface area contributed by atoms with Gasteiger partial charge < -0.3 is 10.3 Å². The third-order valence-electron chi connectivity index (χ3n) is 2.73. The number of thiophene rings is 1. The summed E-state index contributed by atoms with van der Waals surface area (Å²) in [6, 6.07) is 2.45. The van der Waals surface area contributed by atoms with Crippen LogP contribution in [0.4, 0.5) is 5.82 Å². The molecule has 0 saturated carbocycles. The summed E-state index contributed by atoms with van der Waals surface area (Å²) in [7, 11) is 0. The lowest BCUT2D eigenvalue weighted by Gasteiger charge is -2.13.